The first-order valence-electron chi connectivity index (χ1n) is 4.94. The molecule has 0 N–H and O–H groups in total. The molecule has 5 heteroatoms. The highest BCUT2D eigenvalue weighted by molar-refractivity contribution is 5.75. The molecular formula is C11H12F2N2O. The van der Waals surface area contributed by atoms with E-state index in [1.54, 1.807) is 18.0 Å². The van der Waals surface area contributed by atoms with Crippen molar-refractivity contribution in [2.24, 2.45) is 0 Å². The van der Waals surface area contributed by atoms with Crippen molar-refractivity contribution in [3.63, 3.8) is 0 Å². The molecule has 0 amide bonds. The van der Waals surface area contributed by atoms with Crippen LogP contribution in [0.3, 0.4) is 0 Å². The number of benzene rings is 1. The van der Waals surface area contributed by atoms with E-state index in [9.17, 15) is 8.78 Å². The van der Waals surface area contributed by atoms with E-state index < -0.39 is 11.6 Å². The molecule has 1 atom stereocenters. The summed E-state index contributed by atoms with van der Waals surface area (Å²) >= 11 is 0. The highest BCUT2D eigenvalue weighted by atomic mass is 19.2. The van der Waals surface area contributed by atoms with Crippen LogP contribution in [0.4, 0.5) is 8.78 Å². The van der Waals surface area contributed by atoms with E-state index in [-0.39, 0.29) is 6.04 Å². The second-order valence-electron chi connectivity index (χ2n) is 3.71. The van der Waals surface area contributed by atoms with Crippen LogP contribution in [0.1, 0.15) is 13.0 Å². The summed E-state index contributed by atoms with van der Waals surface area (Å²) in [5, 5.41) is 0. The Kier molecular flexibility index (Phi) is 2.87. The fourth-order valence-corrected chi connectivity index (χ4v) is 1.70. The number of fused-ring (bicyclic) bond motifs is 1. The third-order valence-electron chi connectivity index (χ3n) is 2.50. The number of hydrogen-bond donors (Lipinski definition) is 0. The van der Waals surface area contributed by atoms with E-state index in [0.29, 0.717) is 17.6 Å². The molecule has 16 heavy (non-hydrogen) atoms. The Morgan fingerprint density at radius 3 is 2.75 bits per heavy atom. The van der Waals surface area contributed by atoms with Crippen LogP contribution >= 0.6 is 0 Å². The fraction of sp³-hybridized carbons (Fsp3) is 0.364. The van der Waals surface area contributed by atoms with Crippen molar-refractivity contribution in [3.8, 4) is 0 Å². The zero-order valence-corrected chi connectivity index (χ0v) is 9.08. The highest BCUT2D eigenvalue weighted by Gasteiger charge is 2.12. The number of hydrogen-bond acceptors (Lipinski definition) is 2. The van der Waals surface area contributed by atoms with Crippen molar-refractivity contribution >= 4 is 11.0 Å². The minimum atomic E-state index is -0.878. The van der Waals surface area contributed by atoms with Gasteiger partial charge in [0.25, 0.3) is 0 Å². The van der Waals surface area contributed by atoms with Crippen molar-refractivity contribution in [1.82, 2.24) is 9.55 Å². The minimum absolute atomic E-state index is 0.0276. The molecular weight excluding hydrogens is 214 g/mol. The van der Waals surface area contributed by atoms with Crippen LogP contribution in [-0.4, -0.2) is 23.3 Å². The number of aromatic nitrogens is 2. The van der Waals surface area contributed by atoms with Gasteiger partial charge in [0.1, 0.15) is 0 Å². The van der Waals surface area contributed by atoms with Crippen LogP contribution in [0.2, 0.25) is 0 Å². The fourth-order valence-electron chi connectivity index (χ4n) is 1.70. The Morgan fingerprint density at radius 2 is 2.06 bits per heavy atom. The average Bonchev–Trinajstić information content (AvgIpc) is 2.62. The summed E-state index contributed by atoms with van der Waals surface area (Å²) in [6, 6.07) is 2.28. The molecule has 0 aliphatic rings. The van der Waals surface area contributed by atoms with Gasteiger partial charge in [-0.3, -0.25) is 0 Å². The largest absolute Gasteiger partial charge is 0.383 e. The quantitative estimate of drug-likeness (QED) is 0.804. The van der Waals surface area contributed by atoms with Crippen molar-refractivity contribution in [3.05, 3.63) is 30.1 Å². The Bertz CT molecular complexity index is 510. The maximum absolute atomic E-state index is 13.1. The average molecular weight is 226 g/mol. The smallest absolute Gasteiger partial charge is 0.161 e. The molecule has 0 bridgehead atoms. The van der Waals surface area contributed by atoms with Gasteiger partial charge in [-0.25, -0.2) is 13.8 Å². The molecule has 2 rings (SSSR count). The van der Waals surface area contributed by atoms with Gasteiger partial charge in [-0.15, -0.1) is 0 Å². The Morgan fingerprint density at radius 1 is 1.38 bits per heavy atom. The van der Waals surface area contributed by atoms with E-state index >= 15 is 0 Å². The van der Waals surface area contributed by atoms with Gasteiger partial charge in [-0.2, -0.15) is 0 Å². The molecule has 1 aromatic heterocycles. The first-order valence-corrected chi connectivity index (χ1v) is 4.94. The lowest BCUT2D eigenvalue weighted by molar-refractivity contribution is 0.163. The summed E-state index contributed by atoms with van der Waals surface area (Å²) in [6.07, 6.45) is 1.56. The number of nitrogens with zero attached hydrogens (tertiary/aromatic N) is 2. The Hall–Kier alpha value is -1.49. The van der Waals surface area contributed by atoms with Gasteiger partial charge in [0.05, 0.1) is 30.0 Å². The summed E-state index contributed by atoms with van der Waals surface area (Å²) in [6.45, 7) is 2.41. The molecule has 0 saturated carbocycles. The lowest BCUT2D eigenvalue weighted by Crippen LogP contribution is -2.09. The molecule has 0 spiro atoms. The predicted molar refractivity (Wildman–Crippen MR) is 56.2 cm³/mol. The zero-order chi connectivity index (χ0) is 11.7. The van der Waals surface area contributed by atoms with Gasteiger partial charge in [-0.05, 0) is 6.92 Å². The Balaban J connectivity index is 2.51. The van der Waals surface area contributed by atoms with Gasteiger partial charge in [0.2, 0.25) is 0 Å². The third-order valence-corrected chi connectivity index (χ3v) is 2.50. The summed E-state index contributed by atoms with van der Waals surface area (Å²) < 4.78 is 32.8. The molecule has 1 aromatic carbocycles. The summed E-state index contributed by atoms with van der Waals surface area (Å²) in [7, 11) is 1.59. The number of imidazole rings is 1. The van der Waals surface area contributed by atoms with Gasteiger partial charge < -0.3 is 9.30 Å². The molecule has 1 heterocycles. The number of rotatable bonds is 3. The van der Waals surface area contributed by atoms with Gasteiger partial charge in [-0.1, -0.05) is 0 Å². The van der Waals surface area contributed by atoms with Crippen molar-refractivity contribution < 1.29 is 13.5 Å². The first-order chi connectivity index (χ1) is 7.63. The van der Waals surface area contributed by atoms with E-state index in [1.165, 1.54) is 0 Å². The molecule has 0 radical (unpaired) electrons. The zero-order valence-electron chi connectivity index (χ0n) is 9.08. The normalized spacial score (nSPS) is 13.2. The summed E-state index contributed by atoms with van der Waals surface area (Å²) in [4.78, 5) is 4.02. The van der Waals surface area contributed by atoms with Gasteiger partial charge >= 0.3 is 0 Å². The highest BCUT2D eigenvalue weighted by Crippen LogP contribution is 2.20. The van der Waals surface area contributed by atoms with Gasteiger partial charge in [0, 0.05) is 19.2 Å². The number of halogens is 2. The van der Waals surface area contributed by atoms with Crippen LogP contribution < -0.4 is 0 Å². The van der Waals surface area contributed by atoms with Crippen molar-refractivity contribution in [2.45, 2.75) is 13.0 Å². The van der Waals surface area contributed by atoms with E-state index in [0.717, 1.165) is 12.1 Å². The van der Waals surface area contributed by atoms with E-state index in [2.05, 4.69) is 4.98 Å². The Labute approximate surface area is 91.7 Å². The van der Waals surface area contributed by atoms with Crippen LogP contribution in [0.15, 0.2) is 18.5 Å². The maximum atomic E-state index is 13.1. The number of ether oxygens (including phenoxy) is 1. The standard InChI is InChI=1S/C11H12F2N2O/c1-7(5-16-2)15-6-14-10-3-8(12)9(13)4-11(10)15/h3-4,6-7H,5H2,1-2H3. The number of methoxy groups -OCH3 is 1. The van der Waals surface area contributed by atoms with Crippen LogP contribution in [0.25, 0.3) is 11.0 Å². The molecule has 0 fully saturated rings. The molecule has 0 aliphatic heterocycles. The topological polar surface area (TPSA) is 27.1 Å². The second kappa shape index (κ2) is 4.17. The molecule has 0 saturated heterocycles. The van der Waals surface area contributed by atoms with E-state index in [4.69, 9.17) is 4.74 Å². The second-order valence-corrected chi connectivity index (χ2v) is 3.71. The maximum Gasteiger partial charge on any atom is 0.161 e. The SMILES string of the molecule is COCC(C)n1cnc2cc(F)c(F)cc21. The van der Waals surface area contributed by atoms with Crippen LogP contribution in [-0.2, 0) is 4.74 Å². The molecule has 0 aliphatic carbocycles. The van der Waals surface area contributed by atoms with Crippen LogP contribution in [0.5, 0.6) is 0 Å². The van der Waals surface area contributed by atoms with Crippen LogP contribution in [0, 0.1) is 11.6 Å². The molecule has 2 aromatic rings. The molecule has 86 valence electrons. The summed E-state index contributed by atoms with van der Waals surface area (Å²) in [5.74, 6) is -1.74. The van der Waals surface area contributed by atoms with Crippen molar-refractivity contribution in [2.75, 3.05) is 13.7 Å². The summed E-state index contributed by atoms with van der Waals surface area (Å²) in [5.41, 5.74) is 1.02. The minimum Gasteiger partial charge on any atom is -0.383 e. The lowest BCUT2D eigenvalue weighted by atomic mass is 10.2. The van der Waals surface area contributed by atoms with Crippen molar-refractivity contribution in [1.29, 1.82) is 0 Å². The van der Waals surface area contributed by atoms with Gasteiger partial charge in [0.15, 0.2) is 11.6 Å². The molecule has 3 nitrogen and oxygen atoms in total. The molecule has 1 unspecified atom stereocenters. The third kappa shape index (κ3) is 1.78. The monoisotopic (exact) mass is 226 g/mol. The first kappa shape index (κ1) is 11.0. The van der Waals surface area contributed by atoms with E-state index in [1.807, 2.05) is 6.92 Å². The predicted octanol–water partition coefficient (Wildman–Crippen LogP) is 2.52. The lowest BCUT2D eigenvalue weighted by Gasteiger charge is -2.12.